The van der Waals surface area contributed by atoms with Crippen LogP contribution in [0.1, 0.15) is 51.3 Å². The minimum Gasteiger partial charge on any atom is -0.0616 e. The monoisotopic (exact) mass is 576 g/mol. The van der Waals surface area contributed by atoms with Crippen molar-refractivity contribution in [3.8, 4) is 22.3 Å². The van der Waals surface area contributed by atoms with Crippen molar-refractivity contribution in [2.24, 2.45) is 0 Å². The molecule has 0 spiro atoms. The molecule has 1 aliphatic carbocycles. The maximum Gasteiger partial charge on any atom is 0.0159 e. The first kappa shape index (κ1) is 26.5. The minimum atomic E-state index is -0.0374. The molecule has 45 heavy (non-hydrogen) atoms. The van der Waals surface area contributed by atoms with Crippen molar-refractivity contribution in [1.82, 2.24) is 0 Å². The van der Waals surface area contributed by atoms with Crippen LogP contribution in [0.25, 0.3) is 76.1 Å². The van der Waals surface area contributed by atoms with Crippen molar-refractivity contribution in [2.45, 2.75) is 45.4 Å². The molecule has 0 heteroatoms. The van der Waals surface area contributed by atoms with Crippen LogP contribution < -0.4 is 0 Å². The van der Waals surface area contributed by atoms with Crippen molar-refractivity contribution < 1.29 is 0 Å². The number of rotatable bonds is 2. The minimum absolute atomic E-state index is 0.0366. The van der Waals surface area contributed by atoms with E-state index in [1.54, 1.807) is 0 Å². The summed E-state index contributed by atoms with van der Waals surface area (Å²) < 4.78 is 0. The Kier molecular flexibility index (Phi) is 5.32. The zero-order chi connectivity index (χ0) is 30.7. The second-order valence-corrected chi connectivity index (χ2v) is 14.6. The van der Waals surface area contributed by atoms with Crippen molar-refractivity contribution in [3.05, 3.63) is 144 Å². The van der Waals surface area contributed by atoms with Gasteiger partial charge in [-0.25, -0.2) is 0 Å². The summed E-state index contributed by atoms with van der Waals surface area (Å²) in [6.07, 6.45) is 0. The molecule has 0 atom stereocenters. The quantitative estimate of drug-likeness (QED) is 0.142. The summed E-state index contributed by atoms with van der Waals surface area (Å²) in [6.45, 7) is 11.9. The van der Waals surface area contributed by atoms with Crippen molar-refractivity contribution in [1.29, 1.82) is 0 Å². The molecule has 1 aliphatic rings. The Labute approximate surface area is 265 Å². The second-order valence-electron chi connectivity index (χ2n) is 14.6. The van der Waals surface area contributed by atoms with Gasteiger partial charge >= 0.3 is 0 Å². The summed E-state index contributed by atoms with van der Waals surface area (Å²) in [6, 6.07) is 48.2. The normalized spacial score (nSPS) is 14.1. The van der Waals surface area contributed by atoms with Gasteiger partial charge in [0.15, 0.2) is 0 Å². The van der Waals surface area contributed by atoms with Gasteiger partial charge in [0, 0.05) is 5.41 Å². The van der Waals surface area contributed by atoms with Crippen LogP contribution in [0.4, 0.5) is 0 Å². The van der Waals surface area contributed by atoms with Crippen LogP contribution in [0.5, 0.6) is 0 Å². The summed E-state index contributed by atoms with van der Waals surface area (Å²) in [4.78, 5) is 0. The van der Waals surface area contributed by atoms with Crippen molar-refractivity contribution >= 4 is 53.9 Å². The highest BCUT2D eigenvalue weighted by atomic mass is 14.4. The predicted octanol–water partition coefficient (Wildman–Crippen LogP) is 12.7. The molecule has 0 fully saturated rings. The number of hydrogen-bond acceptors (Lipinski definition) is 0. The van der Waals surface area contributed by atoms with Gasteiger partial charge in [0.05, 0.1) is 0 Å². The lowest BCUT2D eigenvalue weighted by Crippen LogP contribution is -2.15. The number of fused-ring (bicyclic) bond motifs is 3. The van der Waals surface area contributed by atoms with Crippen LogP contribution in [-0.2, 0) is 10.8 Å². The fraction of sp³-hybridized carbons (Fsp3) is 0.156. The van der Waals surface area contributed by atoms with E-state index in [-0.39, 0.29) is 10.8 Å². The summed E-state index contributed by atoms with van der Waals surface area (Å²) in [7, 11) is 0. The zero-order valence-corrected chi connectivity index (χ0v) is 26.6. The van der Waals surface area contributed by atoms with Crippen LogP contribution in [0.2, 0.25) is 0 Å². The maximum atomic E-state index is 2.48. The highest BCUT2D eigenvalue weighted by Crippen LogP contribution is 2.51. The van der Waals surface area contributed by atoms with E-state index in [0.717, 1.165) is 0 Å². The lowest BCUT2D eigenvalue weighted by atomic mass is 9.77. The van der Waals surface area contributed by atoms with E-state index < -0.39 is 0 Å². The van der Waals surface area contributed by atoms with Crippen molar-refractivity contribution in [2.75, 3.05) is 0 Å². The molecule has 0 unspecified atom stereocenters. The molecule has 8 aromatic carbocycles. The maximum absolute atomic E-state index is 2.48. The fourth-order valence-electron chi connectivity index (χ4n) is 8.39. The van der Waals surface area contributed by atoms with Crippen LogP contribution >= 0.6 is 0 Å². The van der Waals surface area contributed by atoms with E-state index in [4.69, 9.17) is 0 Å². The topological polar surface area (TPSA) is 0 Å². The summed E-state index contributed by atoms with van der Waals surface area (Å²) in [5.74, 6) is 0. The molecule has 9 rings (SSSR count). The average molecular weight is 577 g/mol. The molecular formula is C45H36. The van der Waals surface area contributed by atoms with E-state index in [2.05, 4.69) is 162 Å². The zero-order valence-electron chi connectivity index (χ0n) is 26.6. The highest BCUT2D eigenvalue weighted by molar-refractivity contribution is 6.18. The third kappa shape index (κ3) is 3.72. The van der Waals surface area contributed by atoms with Crippen molar-refractivity contribution in [3.63, 3.8) is 0 Å². The standard InChI is InChI=1S/C45H36/c1-44(2,3)43-36-15-9-8-14-34(36)40(31-19-17-27-11-6-7-12-29(27)23-31)35-22-21-30(25-37(35)43)33-24-32-20-18-28-13-10-16-38-41(28)42(32)39(26-33)45(38,4)5/h6-26H,1-5H3. The Morgan fingerprint density at radius 2 is 1.04 bits per heavy atom. The van der Waals surface area contributed by atoms with Crippen LogP contribution in [0, 0.1) is 0 Å². The molecule has 0 amide bonds. The average Bonchev–Trinajstić information content (AvgIpc) is 3.28. The highest BCUT2D eigenvalue weighted by Gasteiger charge is 2.34. The first-order valence-corrected chi connectivity index (χ1v) is 16.2. The molecule has 8 aromatic rings. The van der Waals surface area contributed by atoms with E-state index in [9.17, 15) is 0 Å². The largest absolute Gasteiger partial charge is 0.0616 e. The van der Waals surface area contributed by atoms with Gasteiger partial charge in [-0.1, -0.05) is 138 Å². The number of hydrogen-bond donors (Lipinski definition) is 0. The van der Waals surface area contributed by atoms with Gasteiger partial charge in [-0.2, -0.15) is 0 Å². The Bertz CT molecular complexity index is 2530. The van der Waals surface area contributed by atoms with E-state index >= 15 is 0 Å². The molecule has 0 aliphatic heterocycles. The van der Waals surface area contributed by atoms with Crippen LogP contribution in [-0.4, -0.2) is 0 Å². The van der Waals surface area contributed by atoms with Gasteiger partial charge < -0.3 is 0 Å². The van der Waals surface area contributed by atoms with Gasteiger partial charge in [-0.3, -0.25) is 0 Å². The lowest BCUT2D eigenvalue weighted by molar-refractivity contribution is 0.601. The van der Waals surface area contributed by atoms with Gasteiger partial charge in [-0.15, -0.1) is 0 Å². The predicted molar refractivity (Wildman–Crippen MR) is 196 cm³/mol. The second kappa shape index (κ2) is 9.05. The summed E-state index contributed by atoms with van der Waals surface area (Å²) in [5, 5.41) is 13.4. The molecule has 0 saturated heterocycles. The Morgan fingerprint density at radius 1 is 0.422 bits per heavy atom. The molecule has 0 N–H and O–H groups in total. The first-order chi connectivity index (χ1) is 21.7. The first-order valence-electron chi connectivity index (χ1n) is 16.2. The van der Waals surface area contributed by atoms with Gasteiger partial charge in [0.2, 0.25) is 0 Å². The molecular weight excluding hydrogens is 540 g/mol. The van der Waals surface area contributed by atoms with Gasteiger partial charge in [0.25, 0.3) is 0 Å². The Morgan fingerprint density at radius 3 is 1.87 bits per heavy atom. The molecule has 0 bridgehead atoms. The van der Waals surface area contributed by atoms with E-state index in [1.807, 2.05) is 0 Å². The van der Waals surface area contributed by atoms with Crippen LogP contribution in [0.3, 0.4) is 0 Å². The Balaban J connectivity index is 1.35. The molecule has 0 heterocycles. The number of benzene rings is 8. The fourth-order valence-corrected chi connectivity index (χ4v) is 8.39. The van der Waals surface area contributed by atoms with Gasteiger partial charge in [0.1, 0.15) is 0 Å². The summed E-state index contributed by atoms with van der Waals surface area (Å²) >= 11 is 0. The smallest absolute Gasteiger partial charge is 0.0159 e. The molecule has 0 aromatic heterocycles. The summed E-state index contributed by atoms with van der Waals surface area (Å²) in [5.41, 5.74) is 9.38. The molecule has 0 nitrogen and oxygen atoms in total. The van der Waals surface area contributed by atoms with Gasteiger partial charge in [-0.05, 0) is 122 Å². The Hall–Kier alpha value is -4.94. The third-order valence-electron chi connectivity index (χ3n) is 10.5. The SMILES string of the molecule is CC(C)(C)c1c2ccccc2c(-c2ccc3ccccc3c2)c2ccc(-c3cc4c5c(ccc6cccc(c65)C4(C)C)c3)cc12. The third-order valence-corrected chi connectivity index (χ3v) is 10.5. The lowest BCUT2D eigenvalue weighted by Gasteiger charge is -2.27. The molecule has 0 radical (unpaired) electrons. The molecule has 216 valence electrons. The van der Waals surface area contributed by atoms with E-state index in [1.165, 1.54) is 92.8 Å². The van der Waals surface area contributed by atoms with Crippen LogP contribution in [0.15, 0.2) is 127 Å². The molecule has 0 saturated carbocycles. The van der Waals surface area contributed by atoms with E-state index in [0.29, 0.717) is 0 Å².